The van der Waals surface area contributed by atoms with Crippen LogP contribution >= 0.6 is 7.82 Å². The summed E-state index contributed by atoms with van der Waals surface area (Å²) >= 11 is 0. The van der Waals surface area contributed by atoms with Gasteiger partial charge in [-0.2, -0.15) is 0 Å². The molecule has 0 aliphatic heterocycles. The van der Waals surface area contributed by atoms with E-state index >= 15 is 0 Å². The molecule has 0 radical (unpaired) electrons. The highest BCUT2D eigenvalue weighted by Crippen LogP contribution is 2.38. The van der Waals surface area contributed by atoms with Crippen molar-refractivity contribution in [3.8, 4) is 0 Å². The number of carbonyl (C=O) groups excluding carboxylic acids is 1. The van der Waals surface area contributed by atoms with E-state index in [1.807, 2.05) is 27.2 Å². The predicted molar refractivity (Wildman–Crippen MR) is 289 cm³/mol. The lowest BCUT2D eigenvalue weighted by atomic mass is 10.0. The van der Waals surface area contributed by atoms with Crippen LogP contribution in [-0.4, -0.2) is 68.5 Å². The molecule has 0 aromatic carbocycles. The van der Waals surface area contributed by atoms with Crippen molar-refractivity contribution < 1.29 is 32.9 Å². The molecule has 0 spiro atoms. The summed E-state index contributed by atoms with van der Waals surface area (Å²) in [6, 6.07) is -0.882. The average Bonchev–Trinajstić information content (AvgIpc) is 3.29. The van der Waals surface area contributed by atoms with Gasteiger partial charge >= 0.3 is 0 Å². The third-order valence-electron chi connectivity index (χ3n) is 13.4. The summed E-state index contributed by atoms with van der Waals surface area (Å²) in [4.78, 5) is 25.4. The molecule has 67 heavy (non-hydrogen) atoms. The Labute approximate surface area is 417 Å². The van der Waals surface area contributed by atoms with Gasteiger partial charge in [-0.15, -0.1) is 0 Å². The number of allylic oxidation sites excluding steroid dienone is 3. The van der Waals surface area contributed by atoms with Crippen LogP contribution in [0.5, 0.6) is 0 Å². The minimum Gasteiger partial charge on any atom is -0.756 e. The zero-order valence-corrected chi connectivity index (χ0v) is 46.3. The Kier molecular flexibility index (Phi) is 49.2. The van der Waals surface area contributed by atoms with Gasteiger partial charge in [0.2, 0.25) is 5.91 Å². The summed E-state index contributed by atoms with van der Waals surface area (Å²) in [7, 11) is 1.27. The molecule has 0 saturated carbocycles. The molecule has 2 N–H and O–H groups in total. The zero-order valence-electron chi connectivity index (χ0n) is 45.4. The van der Waals surface area contributed by atoms with Crippen LogP contribution in [0.3, 0.4) is 0 Å². The van der Waals surface area contributed by atoms with E-state index in [0.717, 1.165) is 38.5 Å². The van der Waals surface area contributed by atoms with Gasteiger partial charge in [-0.05, 0) is 44.9 Å². The van der Waals surface area contributed by atoms with Crippen LogP contribution in [0.2, 0.25) is 0 Å². The number of nitrogens with one attached hydrogen (secondary N) is 1. The van der Waals surface area contributed by atoms with E-state index in [1.54, 1.807) is 6.08 Å². The Balaban J connectivity index is 3.88. The van der Waals surface area contributed by atoms with E-state index in [1.165, 1.54) is 231 Å². The van der Waals surface area contributed by atoms with Crippen LogP contribution in [-0.2, 0) is 18.4 Å². The van der Waals surface area contributed by atoms with Crippen LogP contribution in [0.25, 0.3) is 0 Å². The summed E-state index contributed by atoms with van der Waals surface area (Å²) in [5.41, 5.74) is 0. The molecule has 0 saturated heterocycles. The molecule has 0 aliphatic carbocycles. The lowest BCUT2D eigenvalue weighted by Gasteiger charge is -2.29. The van der Waals surface area contributed by atoms with Gasteiger partial charge in [0.05, 0.1) is 39.9 Å². The van der Waals surface area contributed by atoms with Crippen molar-refractivity contribution in [2.45, 2.75) is 302 Å². The van der Waals surface area contributed by atoms with Gasteiger partial charge < -0.3 is 28.8 Å². The standard InChI is InChI=1S/C58H115N2O6P/c1-6-8-10-12-14-16-18-19-20-21-22-23-24-25-26-27-28-29-30-31-32-33-34-35-36-37-38-39-40-41-42-44-46-48-50-52-58(62)59-56(55-66-67(63,64)65-54-53-60(3,4)5)57(61)51-49-47-45-43-17-15-13-11-9-7-2/h27-28,49,51,56-57,61H,6-26,29-48,50,52-55H2,1-5H3,(H-,59,62,63,64)/b28-27-,51-49+. The molecule has 0 heterocycles. The number of amides is 1. The number of unbranched alkanes of at least 4 members (excludes halogenated alkanes) is 39. The number of carbonyl (C=O) groups is 1. The number of likely N-dealkylation sites (N-methyl/N-ethyl adjacent to an activating group) is 1. The maximum Gasteiger partial charge on any atom is 0.268 e. The highest BCUT2D eigenvalue weighted by Gasteiger charge is 2.23. The van der Waals surface area contributed by atoms with Gasteiger partial charge in [0.15, 0.2) is 0 Å². The number of hydrogen-bond donors (Lipinski definition) is 2. The lowest BCUT2D eigenvalue weighted by Crippen LogP contribution is -2.45. The maximum absolute atomic E-state index is 12.9. The molecule has 9 heteroatoms. The monoisotopic (exact) mass is 967 g/mol. The molecular formula is C58H115N2O6P. The number of aliphatic hydroxyl groups is 1. The fraction of sp³-hybridized carbons (Fsp3) is 0.914. The van der Waals surface area contributed by atoms with E-state index < -0.39 is 20.0 Å². The lowest BCUT2D eigenvalue weighted by molar-refractivity contribution is -0.870. The zero-order chi connectivity index (χ0) is 49.2. The van der Waals surface area contributed by atoms with Crippen LogP contribution in [0, 0.1) is 0 Å². The molecule has 3 atom stereocenters. The van der Waals surface area contributed by atoms with Crippen molar-refractivity contribution in [3.63, 3.8) is 0 Å². The third-order valence-corrected chi connectivity index (χ3v) is 14.4. The summed E-state index contributed by atoms with van der Waals surface area (Å²) in [6.45, 7) is 4.65. The average molecular weight is 968 g/mol. The van der Waals surface area contributed by atoms with Crippen LogP contribution < -0.4 is 10.2 Å². The molecule has 0 aliphatic rings. The first kappa shape index (κ1) is 66.0. The Bertz CT molecular complexity index is 1140. The van der Waals surface area contributed by atoms with Crippen LogP contribution in [0.1, 0.15) is 290 Å². The Hall–Kier alpha value is -1.02. The minimum absolute atomic E-state index is 0.000866. The molecule has 398 valence electrons. The van der Waals surface area contributed by atoms with Gasteiger partial charge in [-0.1, -0.05) is 263 Å². The molecule has 0 fully saturated rings. The van der Waals surface area contributed by atoms with E-state index in [0.29, 0.717) is 17.4 Å². The molecule has 0 aromatic heterocycles. The summed E-state index contributed by atoms with van der Waals surface area (Å²) in [5.74, 6) is -0.195. The van der Waals surface area contributed by atoms with E-state index in [2.05, 4.69) is 31.3 Å². The Morgan fingerprint density at radius 3 is 1.16 bits per heavy atom. The number of rotatable bonds is 54. The summed E-state index contributed by atoms with van der Waals surface area (Å²) < 4.78 is 23.2. The van der Waals surface area contributed by atoms with E-state index in [9.17, 15) is 19.4 Å². The highest BCUT2D eigenvalue weighted by molar-refractivity contribution is 7.45. The van der Waals surface area contributed by atoms with E-state index in [4.69, 9.17) is 9.05 Å². The van der Waals surface area contributed by atoms with Crippen LogP contribution in [0.4, 0.5) is 0 Å². The highest BCUT2D eigenvalue weighted by atomic mass is 31.2. The normalized spacial score (nSPS) is 14.1. The number of hydrogen-bond acceptors (Lipinski definition) is 6. The smallest absolute Gasteiger partial charge is 0.268 e. The van der Waals surface area contributed by atoms with Gasteiger partial charge in [-0.3, -0.25) is 9.36 Å². The largest absolute Gasteiger partial charge is 0.756 e. The molecule has 0 bridgehead atoms. The first-order valence-electron chi connectivity index (χ1n) is 29.2. The number of phosphoric acid groups is 1. The van der Waals surface area contributed by atoms with E-state index in [-0.39, 0.29) is 19.1 Å². The summed E-state index contributed by atoms with van der Waals surface area (Å²) in [5, 5.41) is 13.8. The van der Waals surface area contributed by atoms with Crippen molar-refractivity contribution in [2.24, 2.45) is 0 Å². The Morgan fingerprint density at radius 1 is 0.507 bits per heavy atom. The first-order valence-corrected chi connectivity index (χ1v) is 30.7. The fourth-order valence-electron chi connectivity index (χ4n) is 8.80. The van der Waals surface area contributed by atoms with Crippen molar-refractivity contribution in [3.05, 3.63) is 24.3 Å². The third kappa shape index (κ3) is 52.6. The number of quaternary nitrogens is 1. The van der Waals surface area contributed by atoms with Crippen molar-refractivity contribution >= 4 is 13.7 Å². The number of nitrogens with zero attached hydrogens (tertiary/aromatic N) is 1. The van der Waals surface area contributed by atoms with Gasteiger partial charge in [0, 0.05) is 6.42 Å². The van der Waals surface area contributed by atoms with Crippen molar-refractivity contribution in [1.82, 2.24) is 5.32 Å². The maximum atomic E-state index is 12.9. The second-order valence-electron chi connectivity index (χ2n) is 21.4. The number of phosphoric ester groups is 1. The molecular weight excluding hydrogens is 852 g/mol. The fourth-order valence-corrected chi connectivity index (χ4v) is 9.52. The second-order valence-corrected chi connectivity index (χ2v) is 22.8. The van der Waals surface area contributed by atoms with Gasteiger partial charge in [-0.25, -0.2) is 0 Å². The molecule has 3 unspecified atom stereocenters. The van der Waals surface area contributed by atoms with Gasteiger partial charge in [0.25, 0.3) is 7.82 Å². The van der Waals surface area contributed by atoms with Crippen molar-refractivity contribution in [2.75, 3.05) is 40.9 Å². The van der Waals surface area contributed by atoms with Crippen LogP contribution in [0.15, 0.2) is 24.3 Å². The number of aliphatic hydroxyl groups excluding tert-OH is 1. The first-order chi connectivity index (χ1) is 32.5. The molecule has 0 rings (SSSR count). The van der Waals surface area contributed by atoms with Gasteiger partial charge in [0.1, 0.15) is 13.2 Å². The molecule has 1 amide bonds. The minimum atomic E-state index is -4.58. The summed E-state index contributed by atoms with van der Waals surface area (Å²) in [6.07, 6.45) is 62.9. The molecule has 8 nitrogen and oxygen atoms in total. The SMILES string of the molecule is CCCCCCCCCC/C=C/C(O)C(COP(=O)([O-])OCC[N+](C)(C)C)NC(=O)CCCCCCCCCCCCCCCCCCC/C=C\CCCCCCCCCCCCCCCC. The quantitative estimate of drug-likeness (QED) is 0.0272. The van der Waals surface area contributed by atoms with Crippen molar-refractivity contribution in [1.29, 1.82) is 0 Å². The Morgan fingerprint density at radius 2 is 0.821 bits per heavy atom. The second kappa shape index (κ2) is 49.9. The predicted octanol–water partition coefficient (Wildman–Crippen LogP) is 17.0. The topological polar surface area (TPSA) is 108 Å². The molecule has 0 aromatic rings.